The highest BCUT2D eigenvalue weighted by atomic mass is 31.2. The topological polar surface area (TPSA) is 111 Å². The first-order valence-electron chi connectivity index (χ1n) is 9.82. The van der Waals surface area contributed by atoms with E-state index in [1.807, 2.05) is 25.1 Å². The number of rotatable bonds is 9. The summed E-state index contributed by atoms with van der Waals surface area (Å²) in [6, 6.07) is 21.5. The first-order valence-corrected chi connectivity index (χ1v) is 11.4. The van der Waals surface area contributed by atoms with Gasteiger partial charge in [-0.2, -0.15) is 0 Å². The molecule has 3 aromatic rings. The van der Waals surface area contributed by atoms with Gasteiger partial charge in [0.1, 0.15) is 6.10 Å². The number of hydrogen-bond acceptors (Lipinski definition) is 7. The summed E-state index contributed by atoms with van der Waals surface area (Å²) < 4.78 is 25.0. The number of nitrogens with zero attached hydrogens (tertiary/aromatic N) is 1. The van der Waals surface area contributed by atoms with E-state index >= 15 is 0 Å². The van der Waals surface area contributed by atoms with Crippen molar-refractivity contribution in [3.63, 3.8) is 0 Å². The number of aliphatic hydroxyl groups is 1. The molecule has 168 valence electrons. The average molecular weight is 456 g/mol. The van der Waals surface area contributed by atoms with Gasteiger partial charge in [-0.05, 0) is 41.8 Å². The molecular weight excluding hydrogens is 431 g/mol. The first kappa shape index (κ1) is 23.6. The Kier molecular flexibility index (Phi) is 7.11. The smallest absolute Gasteiger partial charge is 0.362 e. The zero-order valence-corrected chi connectivity index (χ0v) is 18.9. The number of nitro benzene ring substituents is 1. The van der Waals surface area contributed by atoms with E-state index < -0.39 is 23.9 Å². The molecule has 2 N–H and O–H groups in total. The van der Waals surface area contributed by atoms with Crippen molar-refractivity contribution in [1.29, 1.82) is 0 Å². The summed E-state index contributed by atoms with van der Waals surface area (Å²) in [5.74, 6) is 0. The molecule has 0 unspecified atom stereocenters. The minimum atomic E-state index is -4.08. The average Bonchev–Trinajstić information content (AvgIpc) is 2.83. The van der Waals surface area contributed by atoms with Gasteiger partial charge in [-0.1, -0.05) is 48.5 Å². The molecule has 0 radical (unpaired) electrons. The van der Waals surface area contributed by atoms with Crippen LogP contribution in [-0.4, -0.2) is 24.2 Å². The summed E-state index contributed by atoms with van der Waals surface area (Å²) in [4.78, 5) is 10.6. The summed E-state index contributed by atoms with van der Waals surface area (Å²) in [6.07, 6.45) is -1.46. The first-order chi connectivity index (χ1) is 15.3. The van der Waals surface area contributed by atoms with Crippen molar-refractivity contribution in [3.05, 3.63) is 106 Å². The Morgan fingerprint density at radius 3 is 2.06 bits per heavy atom. The summed E-state index contributed by atoms with van der Waals surface area (Å²) >= 11 is 0. The quantitative estimate of drug-likeness (QED) is 0.252. The van der Waals surface area contributed by atoms with Gasteiger partial charge in [-0.15, -0.1) is 0 Å². The number of non-ortho nitro benzene ring substituents is 1. The van der Waals surface area contributed by atoms with Crippen LogP contribution in [0, 0.1) is 17.0 Å². The number of nitrogens with one attached hydrogen (secondary N) is 1. The molecule has 0 aliphatic heterocycles. The van der Waals surface area contributed by atoms with E-state index in [4.69, 9.17) is 9.05 Å². The maximum atomic E-state index is 14.1. The monoisotopic (exact) mass is 456 g/mol. The van der Waals surface area contributed by atoms with Crippen molar-refractivity contribution in [2.24, 2.45) is 0 Å². The Labute approximate surface area is 186 Å². The third-order valence-corrected chi connectivity index (χ3v) is 7.85. The van der Waals surface area contributed by atoms with Gasteiger partial charge >= 0.3 is 7.60 Å². The molecule has 0 saturated carbocycles. The number of aliphatic hydroxyl groups excluding tert-OH is 1. The van der Waals surface area contributed by atoms with E-state index in [9.17, 15) is 19.8 Å². The fourth-order valence-electron chi connectivity index (χ4n) is 3.67. The van der Waals surface area contributed by atoms with Gasteiger partial charge in [0.05, 0.1) is 4.92 Å². The van der Waals surface area contributed by atoms with Crippen LogP contribution >= 0.6 is 7.60 Å². The van der Waals surface area contributed by atoms with E-state index in [1.165, 1.54) is 38.5 Å². The molecule has 0 amide bonds. The lowest BCUT2D eigenvalue weighted by Gasteiger charge is -2.43. The summed E-state index contributed by atoms with van der Waals surface area (Å²) in [5, 5.41) is 24.3. The van der Waals surface area contributed by atoms with Crippen LogP contribution in [-0.2, 0) is 18.9 Å². The predicted octanol–water partition coefficient (Wildman–Crippen LogP) is 5.39. The molecule has 0 saturated heterocycles. The van der Waals surface area contributed by atoms with Gasteiger partial charge in [-0.3, -0.25) is 14.7 Å². The van der Waals surface area contributed by atoms with Crippen LogP contribution in [0.2, 0.25) is 0 Å². The van der Waals surface area contributed by atoms with E-state index in [1.54, 1.807) is 36.4 Å². The van der Waals surface area contributed by atoms with Crippen LogP contribution < -0.4 is 5.32 Å². The molecule has 0 spiro atoms. The molecule has 0 bridgehead atoms. The lowest BCUT2D eigenvalue weighted by atomic mass is 9.94. The SMILES string of the molecule is COP(=O)(OC)[C@@](Nc1ccccc1C)(c1ccccc1)[C@@H](O)c1ccc([N+](=O)[O-])cc1. The zero-order chi connectivity index (χ0) is 23.4. The molecule has 9 heteroatoms. The van der Waals surface area contributed by atoms with Crippen LogP contribution in [0.1, 0.15) is 22.8 Å². The predicted molar refractivity (Wildman–Crippen MR) is 123 cm³/mol. The van der Waals surface area contributed by atoms with Crippen LogP contribution in [0.3, 0.4) is 0 Å². The van der Waals surface area contributed by atoms with Gasteiger partial charge in [0.2, 0.25) is 0 Å². The largest absolute Gasteiger partial charge is 0.385 e. The van der Waals surface area contributed by atoms with Gasteiger partial charge in [0.15, 0.2) is 5.28 Å². The molecular formula is C23H25N2O6P. The third kappa shape index (κ3) is 4.18. The summed E-state index contributed by atoms with van der Waals surface area (Å²) in [6.45, 7) is 1.88. The van der Waals surface area contributed by atoms with E-state index in [0.717, 1.165) is 5.56 Å². The Balaban J connectivity index is 2.30. The molecule has 2 atom stereocenters. The number of nitro groups is 1. The Hall–Kier alpha value is -3.03. The van der Waals surface area contributed by atoms with E-state index in [2.05, 4.69) is 5.32 Å². The highest BCUT2D eigenvalue weighted by Crippen LogP contribution is 2.68. The van der Waals surface area contributed by atoms with Crippen molar-refractivity contribution < 1.29 is 23.6 Å². The molecule has 0 aliphatic rings. The number of para-hydroxylation sites is 1. The van der Waals surface area contributed by atoms with Crippen LogP contribution in [0.15, 0.2) is 78.9 Å². The molecule has 8 nitrogen and oxygen atoms in total. The lowest BCUT2D eigenvalue weighted by Crippen LogP contribution is -2.42. The van der Waals surface area contributed by atoms with Gasteiger partial charge in [0, 0.05) is 32.0 Å². The number of aryl methyl sites for hydroxylation is 1. The molecule has 3 rings (SSSR count). The standard InChI is InChI=1S/C23H25N2O6P/c1-17-9-7-8-12-21(17)24-23(32(29,30-2)31-3,19-10-5-4-6-11-19)22(26)18-13-15-20(16-14-18)25(27)28/h4-16,22,24,26H,1-3H3/t22-,23-/m0/s1. The maximum absolute atomic E-state index is 14.1. The second-order valence-electron chi connectivity index (χ2n) is 7.19. The summed E-state index contributed by atoms with van der Waals surface area (Å²) in [7, 11) is -1.57. The molecule has 0 fully saturated rings. The fraction of sp³-hybridized carbons (Fsp3) is 0.217. The summed E-state index contributed by atoms with van der Waals surface area (Å²) in [5.41, 5.74) is 2.10. The maximum Gasteiger partial charge on any atom is 0.362 e. The number of benzene rings is 3. The Bertz CT molecular complexity index is 1110. The second kappa shape index (κ2) is 9.63. The van der Waals surface area contributed by atoms with Crippen molar-refractivity contribution in [1.82, 2.24) is 0 Å². The fourth-order valence-corrected chi connectivity index (χ4v) is 5.56. The lowest BCUT2D eigenvalue weighted by molar-refractivity contribution is -0.384. The molecule has 32 heavy (non-hydrogen) atoms. The van der Waals surface area contributed by atoms with Crippen LogP contribution in [0.4, 0.5) is 11.4 Å². The minimum Gasteiger partial charge on any atom is -0.385 e. The van der Waals surface area contributed by atoms with Crippen molar-refractivity contribution in [2.45, 2.75) is 18.3 Å². The Morgan fingerprint density at radius 2 is 1.53 bits per heavy atom. The normalized spacial score (nSPS) is 14.4. The van der Waals surface area contributed by atoms with Crippen molar-refractivity contribution in [3.8, 4) is 0 Å². The second-order valence-corrected chi connectivity index (χ2v) is 9.62. The highest BCUT2D eigenvalue weighted by molar-refractivity contribution is 7.55. The highest BCUT2D eigenvalue weighted by Gasteiger charge is 2.57. The van der Waals surface area contributed by atoms with Gasteiger partial charge in [-0.25, -0.2) is 0 Å². The third-order valence-electron chi connectivity index (χ3n) is 5.41. The van der Waals surface area contributed by atoms with E-state index in [-0.39, 0.29) is 5.69 Å². The zero-order valence-electron chi connectivity index (χ0n) is 18.0. The van der Waals surface area contributed by atoms with Crippen molar-refractivity contribution in [2.75, 3.05) is 19.5 Å². The van der Waals surface area contributed by atoms with Crippen LogP contribution in [0.25, 0.3) is 0 Å². The molecule has 0 heterocycles. The number of anilines is 1. The van der Waals surface area contributed by atoms with E-state index in [0.29, 0.717) is 16.8 Å². The molecule has 3 aromatic carbocycles. The molecule has 0 aromatic heterocycles. The van der Waals surface area contributed by atoms with Gasteiger partial charge in [0.25, 0.3) is 5.69 Å². The van der Waals surface area contributed by atoms with Crippen molar-refractivity contribution >= 4 is 19.0 Å². The number of hydrogen-bond donors (Lipinski definition) is 2. The van der Waals surface area contributed by atoms with Gasteiger partial charge < -0.3 is 19.5 Å². The minimum absolute atomic E-state index is 0.125. The molecule has 0 aliphatic carbocycles. The van der Waals surface area contributed by atoms with Crippen LogP contribution in [0.5, 0.6) is 0 Å². The Morgan fingerprint density at radius 1 is 0.969 bits per heavy atom.